The summed E-state index contributed by atoms with van der Waals surface area (Å²) in [6.45, 7) is 0.0130. The van der Waals surface area contributed by atoms with Gasteiger partial charge in [-0.1, -0.05) is 34.1 Å². The maximum Gasteiger partial charge on any atom is 0.344 e. The van der Waals surface area contributed by atoms with Crippen LogP contribution in [0, 0.1) is 11.3 Å². The van der Waals surface area contributed by atoms with E-state index < -0.39 is 5.97 Å². The average molecular weight is 346 g/mol. The van der Waals surface area contributed by atoms with Gasteiger partial charge in [-0.3, -0.25) is 0 Å². The molecule has 0 bridgehead atoms. The van der Waals surface area contributed by atoms with Crippen molar-refractivity contribution in [2.75, 3.05) is 6.61 Å². The van der Waals surface area contributed by atoms with Crippen LogP contribution in [-0.2, 0) is 16.1 Å². The number of hydrogen-bond acceptors (Lipinski definition) is 4. The molecule has 0 aromatic heterocycles. The summed E-state index contributed by atoms with van der Waals surface area (Å²) in [4.78, 5) is 11.6. The Labute approximate surface area is 131 Å². The number of carbonyl (C=O) groups excluding carboxylic acids is 1. The predicted octanol–water partition coefficient (Wildman–Crippen LogP) is 3.44. The van der Waals surface area contributed by atoms with Crippen molar-refractivity contribution in [2.24, 2.45) is 0 Å². The summed E-state index contributed by atoms with van der Waals surface area (Å²) in [5.74, 6) is 0.152. The maximum absolute atomic E-state index is 11.6. The van der Waals surface area contributed by atoms with Gasteiger partial charge in [-0.15, -0.1) is 0 Å². The molecule has 0 saturated carbocycles. The van der Waals surface area contributed by atoms with Crippen LogP contribution in [0.3, 0.4) is 0 Å². The Balaban J connectivity index is 1.78. The van der Waals surface area contributed by atoms with Crippen molar-refractivity contribution < 1.29 is 14.3 Å². The number of hydrogen-bond donors (Lipinski definition) is 0. The van der Waals surface area contributed by atoms with Crippen LogP contribution in [-0.4, -0.2) is 12.6 Å². The number of carbonyl (C=O) groups is 1. The van der Waals surface area contributed by atoms with Crippen molar-refractivity contribution in [3.8, 4) is 11.8 Å². The van der Waals surface area contributed by atoms with E-state index in [-0.39, 0.29) is 13.2 Å². The second-order valence-electron chi connectivity index (χ2n) is 4.22. The van der Waals surface area contributed by atoms with Gasteiger partial charge in [0, 0.05) is 4.47 Å². The Morgan fingerprint density at radius 2 is 1.95 bits per heavy atom. The first-order valence-corrected chi connectivity index (χ1v) is 7.00. The molecule has 0 saturated heterocycles. The topological polar surface area (TPSA) is 59.3 Å². The molecule has 106 valence electrons. The summed E-state index contributed by atoms with van der Waals surface area (Å²) in [5.41, 5.74) is 1.40. The zero-order valence-corrected chi connectivity index (χ0v) is 12.7. The normalized spacial score (nSPS) is 9.71. The van der Waals surface area contributed by atoms with Crippen molar-refractivity contribution in [1.29, 1.82) is 5.26 Å². The van der Waals surface area contributed by atoms with Gasteiger partial charge in [0.05, 0.1) is 11.6 Å². The maximum atomic E-state index is 11.6. The number of nitrogens with zero attached hydrogens (tertiary/aromatic N) is 1. The number of nitriles is 1. The van der Waals surface area contributed by atoms with E-state index in [1.54, 1.807) is 36.4 Å². The second-order valence-corrected chi connectivity index (χ2v) is 5.13. The fraction of sp³-hybridized carbons (Fsp3) is 0.125. The predicted molar refractivity (Wildman–Crippen MR) is 80.6 cm³/mol. The Kier molecular flexibility index (Phi) is 5.35. The average Bonchev–Trinajstić information content (AvgIpc) is 2.51. The second kappa shape index (κ2) is 7.46. The van der Waals surface area contributed by atoms with Gasteiger partial charge in [-0.2, -0.15) is 5.26 Å². The molecule has 5 heteroatoms. The molecule has 0 aliphatic heterocycles. The van der Waals surface area contributed by atoms with Crippen molar-refractivity contribution in [3.05, 3.63) is 64.1 Å². The molecule has 4 nitrogen and oxygen atoms in total. The molecule has 21 heavy (non-hydrogen) atoms. The lowest BCUT2D eigenvalue weighted by Crippen LogP contribution is -2.14. The molecule has 2 aromatic rings. The molecule has 0 amide bonds. The first-order chi connectivity index (χ1) is 10.2. The van der Waals surface area contributed by atoms with Crippen LogP contribution in [0.4, 0.5) is 0 Å². The van der Waals surface area contributed by atoms with Gasteiger partial charge >= 0.3 is 5.97 Å². The van der Waals surface area contributed by atoms with Gasteiger partial charge in [-0.05, 0) is 35.9 Å². The van der Waals surface area contributed by atoms with E-state index in [4.69, 9.17) is 14.7 Å². The third-order valence-electron chi connectivity index (χ3n) is 2.64. The Morgan fingerprint density at radius 1 is 1.19 bits per heavy atom. The minimum atomic E-state index is -0.445. The monoisotopic (exact) mass is 345 g/mol. The highest BCUT2D eigenvalue weighted by atomic mass is 79.9. The summed E-state index contributed by atoms with van der Waals surface area (Å²) >= 11 is 3.32. The Bertz CT molecular complexity index is 662. The summed E-state index contributed by atoms with van der Waals surface area (Å²) in [7, 11) is 0. The molecule has 0 spiro atoms. The molecule has 2 rings (SSSR count). The molecule has 0 aliphatic rings. The number of halogens is 1. The molecule has 0 aliphatic carbocycles. The number of rotatable bonds is 5. The molecule has 2 aromatic carbocycles. The SMILES string of the molecule is N#Cc1ccc(COC(=O)COc2cccc(Br)c2)cc1. The Hall–Kier alpha value is -2.32. The van der Waals surface area contributed by atoms with E-state index >= 15 is 0 Å². The van der Waals surface area contributed by atoms with Crippen LogP contribution in [0.15, 0.2) is 53.0 Å². The summed E-state index contributed by atoms with van der Waals surface area (Å²) < 4.78 is 11.3. The Morgan fingerprint density at radius 3 is 2.62 bits per heavy atom. The molecule has 0 heterocycles. The lowest BCUT2D eigenvalue weighted by Gasteiger charge is -2.07. The standard InChI is InChI=1S/C16H12BrNO3/c17-14-2-1-3-15(8-14)20-11-16(19)21-10-13-6-4-12(9-18)5-7-13/h1-8H,10-11H2. The van der Waals surface area contributed by atoms with Crippen molar-refractivity contribution in [3.63, 3.8) is 0 Å². The number of ether oxygens (including phenoxy) is 2. The van der Waals surface area contributed by atoms with E-state index in [9.17, 15) is 4.79 Å². The molecule has 0 unspecified atom stereocenters. The molecule has 0 radical (unpaired) electrons. The van der Waals surface area contributed by atoms with Crippen LogP contribution in [0.5, 0.6) is 5.75 Å². The minimum Gasteiger partial charge on any atom is -0.482 e. The van der Waals surface area contributed by atoms with Gasteiger partial charge in [0.2, 0.25) is 0 Å². The fourth-order valence-corrected chi connectivity index (χ4v) is 1.96. The van der Waals surface area contributed by atoms with Crippen molar-refractivity contribution in [1.82, 2.24) is 0 Å². The highest BCUT2D eigenvalue weighted by molar-refractivity contribution is 9.10. The summed E-state index contributed by atoms with van der Waals surface area (Å²) in [6, 6.07) is 16.1. The fourth-order valence-electron chi connectivity index (χ4n) is 1.58. The smallest absolute Gasteiger partial charge is 0.344 e. The molecule has 0 N–H and O–H groups in total. The van der Waals surface area contributed by atoms with Gasteiger partial charge in [0.15, 0.2) is 6.61 Å². The summed E-state index contributed by atoms with van der Waals surface area (Å²) in [5, 5.41) is 8.69. The first-order valence-electron chi connectivity index (χ1n) is 6.20. The highest BCUT2D eigenvalue weighted by Gasteiger charge is 2.05. The largest absolute Gasteiger partial charge is 0.482 e. The number of esters is 1. The van der Waals surface area contributed by atoms with Crippen LogP contribution in [0.2, 0.25) is 0 Å². The van der Waals surface area contributed by atoms with Gasteiger partial charge in [0.1, 0.15) is 12.4 Å². The van der Waals surface area contributed by atoms with E-state index in [1.807, 2.05) is 18.2 Å². The van der Waals surface area contributed by atoms with Crippen LogP contribution in [0.1, 0.15) is 11.1 Å². The molecular formula is C16H12BrNO3. The van der Waals surface area contributed by atoms with Crippen LogP contribution >= 0.6 is 15.9 Å². The molecular weight excluding hydrogens is 334 g/mol. The molecule has 0 fully saturated rings. The van der Waals surface area contributed by atoms with Gasteiger partial charge in [0.25, 0.3) is 0 Å². The van der Waals surface area contributed by atoms with E-state index in [1.165, 1.54) is 0 Å². The first kappa shape index (κ1) is 15.1. The van der Waals surface area contributed by atoms with Gasteiger partial charge < -0.3 is 9.47 Å². The number of benzene rings is 2. The third kappa shape index (κ3) is 4.93. The molecule has 0 atom stereocenters. The summed E-state index contributed by atoms with van der Waals surface area (Å²) in [6.07, 6.45) is 0. The zero-order chi connectivity index (χ0) is 15.1. The van der Waals surface area contributed by atoms with Crippen LogP contribution in [0.25, 0.3) is 0 Å². The van der Waals surface area contributed by atoms with Crippen LogP contribution < -0.4 is 4.74 Å². The van der Waals surface area contributed by atoms with Gasteiger partial charge in [-0.25, -0.2) is 4.79 Å². The van der Waals surface area contributed by atoms with E-state index in [0.717, 1.165) is 10.0 Å². The van der Waals surface area contributed by atoms with Crippen molar-refractivity contribution >= 4 is 21.9 Å². The zero-order valence-electron chi connectivity index (χ0n) is 11.1. The quantitative estimate of drug-likeness (QED) is 0.778. The van der Waals surface area contributed by atoms with E-state index in [2.05, 4.69) is 15.9 Å². The minimum absolute atomic E-state index is 0.146. The third-order valence-corrected chi connectivity index (χ3v) is 3.13. The lowest BCUT2D eigenvalue weighted by atomic mass is 10.2. The van der Waals surface area contributed by atoms with E-state index in [0.29, 0.717) is 11.3 Å². The van der Waals surface area contributed by atoms with Crippen molar-refractivity contribution in [2.45, 2.75) is 6.61 Å². The highest BCUT2D eigenvalue weighted by Crippen LogP contribution is 2.17. The lowest BCUT2D eigenvalue weighted by molar-refractivity contribution is -0.147.